The SMILES string of the molecule is CC[C@H]1CCCCN1C(=O)CSc1nc2ccccc2n1CC(=O)N1CCCCC1. The van der Waals surface area contributed by atoms with Crippen molar-refractivity contribution >= 4 is 34.6 Å². The zero-order valence-electron chi connectivity index (χ0n) is 17.9. The van der Waals surface area contributed by atoms with E-state index in [0.29, 0.717) is 18.3 Å². The number of benzene rings is 1. The first-order valence-electron chi connectivity index (χ1n) is 11.3. The molecule has 0 saturated carbocycles. The van der Waals surface area contributed by atoms with Crippen LogP contribution in [-0.4, -0.2) is 62.6 Å². The Bertz CT molecular complexity index is 890. The minimum Gasteiger partial charge on any atom is -0.341 e. The molecule has 0 aliphatic carbocycles. The van der Waals surface area contributed by atoms with Gasteiger partial charge in [-0.2, -0.15) is 0 Å². The number of rotatable bonds is 6. The van der Waals surface area contributed by atoms with Crippen LogP contribution in [0.25, 0.3) is 11.0 Å². The monoisotopic (exact) mass is 428 g/mol. The summed E-state index contributed by atoms with van der Waals surface area (Å²) in [7, 11) is 0. The van der Waals surface area contributed by atoms with Gasteiger partial charge in [0, 0.05) is 25.7 Å². The van der Waals surface area contributed by atoms with Crippen molar-refractivity contribution < 1.29 is 9.59 Å². The van der Waals surface area contributed by atoms with Crippen molar-refractivity contribution in [1.29, 1.82) is 0 Å². The molecular formula is C23H32N4O2S. The Labute approximate surface area is 183 Å². The Kier molecular flexibility index (Phi) is 6.97. The van der Waals surface area contributed by atoms with Crippen molar-refractivity contribution in [3.05, 3.63) is 24.3 Å². The van der Waals surface area contributed by atoms with Crippen molar-refractivity contribution in [3.63, 3.8) is 0 Å². The lowest BCUT2D eigenvalue weighted by Crippen LogP contribution is -2.44. The molecule has 3 heterocycles. The van der Waals surface area contributed by atoms with E-state index in [0.717, 1.165) is 67.9 Å². The van der Waals surface area contributed by atoms with Crippen LogP contribution in [0.15, 0.2) is 29.4 Å². The summed E-state index contributed by atoms with van der Waals surface area (Å²) >= 11 is 1.47. The summed E-state index contributed by atoms with van der Waals surface area (Å²) in [4.78, 5) is 34.6. The number of imidazole rings is 1. The van der Waals surface area contributed by atoms with Crippen LogP contribution in [0.5, 0.6) is 0 Å². The minimum absolute atomic E-state index is 0.146. The summed E-state index contributed by atoms with van der Waals surface area (Å²) in [5, 5.41) is 0.764. The summed E-state index contributed by atoms with van der Waals surface area (Å²) < 4.78 is 2.00. The molecule has 2 saturated heterocycles. The van der Waals surface area contributed by atoms with E-state index in [1.165, 1.54) is 24.6 Å². The molecule has 162 valence electrons. The highest BCUT2D eigenvalue weighted by atomic mass is 32.2. The van der Waals surface area contributed by atoms with Gasteiger partial charge in [0.05, 0.1) is 16.8 Å². The van der Waals surface area contributed by atoms with Gasteiger partial charge in [-0.25, -0.2) is 4.98 Å². The van der Waals surface area contributed by atoms with E-state index in [2.05, 4.69) is 11.8 Å². The summed E-state index contributed by atoms with van der Waals surface area (Å²) in [5.41, 5.74) is 1.84. The fourth-order valence-corrected chi connectivity index (χ4v) is 5.56. The smallest absolute Gasteiger partial charge is 0.242 e. The van der Waals surface area contributed by atoms with Crippen molar-refractivity contribution in [2.24, 2.45) is 0 Å². The van der Waals surface area contributed by atoms with Gasteiger partial charge in [0.1, 0.15) is 6.54 Å². The Morgan fingerprint density at radius 3 is 2.60 bits per heavy atom. The molecule has 0 radical (unpaired) electrons. The number of piperidine rings is 2. The van der Waals surface area contributed by atoms with E-state index in [1.54, 1.807) is 0 Å². The molecule has 2 aliphatic rings. The molecule has 0 spiro atoms. The fraction of sp³-hybridized carbons (Fsp3) is 0.609. The van der Waals surface area contributed by atoms with Crippen molar-refractivity contribution in [3.8, 4) is 0 Å². The third-order valence-corrected chi connectivity index (χ3v) is 7.33. The molecular weight excluding hydrogens is 396 g/mol. The maximum atomic E-state index is 12.9. The van der Waals surface area contributed by atoms with E-state index < -0.39 is 0 Å². The number of thioether (sulfide) groups is 1. The molecule has 6 nitrogen and oxygen atoms in total. The van der Waals surface area contributed by atoms with E-state index >= 15 is 0 Å². The first-order valence-corrected chi connectivity index (χ1v) is 12.3. The second-order valence-electron chi connectivity index (χ2n) is 8.34. The molecule has 1 aromatic heterocycles. The molecule has 1 aromatic carbocycles. The number of carbonyl (C=O) groups excluding carboxylic acids is 2. The van der Waals surface area contributed by atoms with Gasteiger partial charge in [-0.05, 0) is 57.1 Å². The first kappa shape index (κ1) is 21.2. The molecule has 0 unspecified atom stereocenters. The standard InChI is InChI=1S/C23H32N4O2S/c1-2-18-10-6-9-15-26(18)22(29)17-30-23-24-19-11-4-5-12-20(19)27(23)16-21(28)25-13-7-3-8-14-25/h4-5,11-12,18H,2-3,6-10,13-17H2,1H3/t18-/m0/s1. The van der Waals surface area contributed by atoms with Gasteiger partial charge in [-0.1, -0.05) is 30.8 Å². The predicted molar refractivity (Wildman–Crippen MR) is 121 cm³/mol. The van der Waals surface area contributed by atoms with Gasteiger partial charge < -0.3 is 14.4 Å². The van der Waals surface area contributed by atoms with Gasteiger partial charge >= 0.3 is 0 Å². The maximum Gasteiger partial charge on any atom is 0.242 e. The van der Waals surface area contributed by atoms with Crippen LogP contribution >= 0.6 is 11.8 Å². The molecule has 2 aliphatic heterocycles. The Balaban J connectivity index is 1.49. The number of amides is 2. The minimum atomic E-state index is 0.146. The van der Waals surface area contributed by atoms with Gasteiger partial charge in [-0.15, -0.1) is 0 Å². The number of hydrogen-bond donors (Lipinski definition) is 0. The highest BCUT2D eigenvalue weighted by molar-refractivity contribution is 7.99. The van der Waals surface area contributed by atoms with Crippen molar-refractivity contribution in [2.45, 2.75) is 69.6 Å². The second kappa shape index (κ2) is 9.86. The Morgan fingerprint density at radius 1 is 1.03 bits per heavy atom. The van der Waals surface area contributed by atoms with Crippen molar-refractivity contribution in [1.82, 2.24) is 19.4 Å². The number of likely N-dealkylation sites (tertiary alicyclic amines) is 2. The van der Waals surface area contributed by atoms with Gasteiger partial charge in [0.25, 0.3) is 0 Å². The predicted octanol–water partition coefficient (Wildman–Crippen LogP) is 3.93. The topological polar surface area (TPSA) is 58.4 Å². The third-order valence-electron chi connectivity index (χ3n) is 6.37. The van der Waals surface area contributed by atoms with Crippen LogP contribution in [0.2, 0.25) is 0 Å². The van der Waals surface area contributed by atoms with E-state index in [1.807, 2.05) is 33.7 Å². The van der Waals surface area contributed by atoms with Crippen LogP contribution < -0.4 is 0 Å². The zero-order chi connectivity index (χ0) is 20.9. The van der Waals surface area contributed by atoms with Crippen molar-refractivity contribution in [2.75, 3.05) is 25.4 Å². The van der Waals surface area contributed by atoms with Gasteiger partial charge in [0.15, 0.2) is 5.16 Å². The van der Waals surface area contributed by atoms with E-state index in [9.17, 15) is 9.59 Å². The number of nitrogens with zero attached hydrogens (tertiary/aromatic N) is 4. The first-order chi connectivity index (χ1) is 14.7. The van der Waals surface area contributed by atoms with Crippen LogP contribution in [0.1, 0.15) is 51.9 Å². The zero-order valence-corrected chi connectivity index (χ0v) is 18.7. The third kappa shape index (κ3) is 4.66. The highest BCUT2D eigenvalue weighted by Crippen LogP contribution is 2.26. The summed E-state index contributed by atoms with van der Waals surface area (Å²) in [6.07, 6.45) is 7.80. The Hall–Kier alpha value is -2.02. The normalized spacial score (nSPS) is 20.0. The van der Waals surface area contributed by atoms with Crippen LogP contribution in [0.4, 0.5) is 0 Å². The maximum absolute atomic E-state index is 12.9. The molecule has 2 fully saturated rings. The molecule has 2 aromatic rings. The second-order valence-corrected chi connectivity index (χ2v) is 9.29. The lowest BCUT2D eigenvalue weighted by Gasteiger charge is -2.35. The van der Waals surface area contributed by atoms with E-state index in [-0.39, 0.29) is 11.8 Å². The lowest BCUT2D eigenvalue weighted by molar-refractivity contribution is -0.133. The van der Waals surface area contributed by atoms with Crippen LogP contribution in [-0.2, 0) is 16.1 Å². The number of fused-ring (bicyclic) bond motifs is 1. The molecule has 0 N–H and O–H groups in total. The average molecular weight is 429 g/mol. The summed E-state index contributed by atoms with van der Waals surface area (Å²) in [6, 6.07) is 8.29. The molecule has 30 heavy (non-hydrogen) atoms. The lowest BCUT2D eigenvalue weighted by atomic mass is 10.0. The Morgan fingerprint density at radius 2 is 1.80 bits per heavy atom. The van der Waals surface area contributed by atoms with Gasteiger partial charge in [-0.3, -0.25) is 9.59 Å². The highest BCUT2D eigenvalue weighted by Gasteiger charge is 2.26. The largest absolute Gasteiger partial charge is 0.341 e. The van der Waals surface area contributed by atoms with Gasteiger partial charge in [0.2, 0.25) is 11.8 Å². The molecule has 4 rings (SSSR count). The summed E-state index contributed by atoms with van der Waals surface area (Å²) in [5.74, 6) is 0.707. The quantitative estimate of drug-likeness (QED) is 0.654. The average Bonchev–Trinajstić information content (AvgIpc) is 3.15. The molecule has 7 heteroatoms. The van der Waals surface area contributed by atoms with Crippen LogP contribution in [0.3, 0.4) is 0 Å². The number of hydrogen-bond acceptors (Lipinski definition) is 4. The van der Waals surface area contributed by atoms with E-state index in [4.69, 9.17) is 4.98 Å². The summed E-state index contributed by atoms with van der Waals surface area (Å²) in [6.45, 7) is 5.01. The number of para-hydroxylation sites is 2. The fourth-order valence-electron chi connectivity index (χ4n) is 4.66. The van der Waals surface area contributed by atoms with Crippen LogP contribution in [0, 0.1) is 0 Å². The number of aromatic nitrogens is 2. The molecule has 2 amide bonds. The molecule has 1 atom stereocenters. The molecule has 0 bridgehead atoms. The number of carbonyl (C=O) groups is 2.